The van der Waals surface area contributed by atoms with Gasteiger partial charge in [0.25, 0.3) is 10.2 Å². The Labute approximate surface area is 134 Å². The van der Waals surface area contributed by atoms with Crippen molar-refractivity contribution < 1.29 is 17.7 Å². The van der Waals surface area contributed by atoms with Crippen molar-refractivity contribution in [3.05, 3.63) is 36.2 Å². The Kier molecular flexibility index (Phi) is 4.44. The summed E-state index contributed by atoms with van der Waals surface area (Å²) in [4.78, 5) is 4.34. The number of benzene rings is 1. The van der Waals surface area contributed by atoms with E-state index in [0.29, 0.717) is 12.4 Å². The number of nitrogens with zero attached hydrogens (tertiary/aromatic N) is 4. The summed E-state index contributed by atoms with van der Waals surface area (Å²) in [6.45, 7) is 0.765. The molecular formula is C14H18N4O4S. The summed E-state index contributed by atoms with van der Waals surface area (Å²) in [7, 11) is -0.611. The van der Waals surface area contributed by atoms with Crippen LogP contribution in [-0.4, -0.2) is 61.0 Å². The minimum Gasteiger partial charge on any atom is -0.378 e. The average molecular weight is 338 g/mol. The molecule has 1 aromatic heterocycles. The van der Waals surface area contributed by atoms with E-state index in [1.165, 1.54) is 22.7 Å². The summed E-state index contributed by atoms with van der Waals surface area (Å²) >= 11 is 0. The number of hydrogen-bond donors (Lipinski definition) is 0. The van der Waals surface area contributed by atoms with Crippen LogP contribution in [0, 0.1) is 0 Å². The Morgan fingerprint density at radius 1 is 1.26 bits per heavy atom. The molecule has 8 nitrogen and oxygen atoms in total. The lowest BCUT2D eigenvalue weighted by Gasteiger charge is -2.33. The monoisotopic (exact) mass is 338 g/mol. The lowest BCUT2D eigenvalue weighted by molar-refractivity contribution is 0.0182. The van der Waals surface area contributed by atoms with Crippen LogP contribution in [0.1, 0.15) is 11.9 Å². The Hall–Kier alpha value is -1.81. The third kappa shape index (κ3) is 3.13. The number of morpholine rings is 1. The van der Waals surface area contributed by atoms with Crippen LogP contribution in [0.5, 0.6) is 0 Å². The van der Waals surface area contributed by atoms with Gasteiger partial charge in [0.2, 0.25) is 11.7 Å². The predicted octanol–water partition coefficient (Wildman–Crippen LogP) is 0.916. The molecule has 1 aromatic carbocycles. The molecule has 1 aliphatic rings. The third-order valence-corrected chi connectivity index (χ3v) is 5.55. The molecule has 0 aliphatic carbocycles. The van der Waals surface area contributed by atoms with Gasteiger partial charge in [-0.3, -0.25) is 0 Å². The van der Waals surface area contributed by atoms with Gasteiger partial charge in [-0.05, 0) is 0 Å². The van der Waals surface area contributed by atoms with Crippen molar-refractivity contribution in [2.45, 2.75) is 6.04 Å². The lowest BCUT2D eigenvalue weighted by Crippen LogP contribution is -2.48. The molecule has 0 unspecified atom stereocenters. The summed E-state index contributed by atoms with van der Waals surface area (Å²) in [5, 5.41) is 3.95. The van der Waals surface area contributed by atoms with E-state index in [-0.39, 0.29) is 19.0 Å². The molecule has 2 heterocycles. The largest absolute Gasteiger partial charge is 0.378 e. The standard InChI is InChI=1S/C14H18N4O4S/c1-17(2)23(19,20)18-8-9-21-10-12(18)14-15-13(16-22-14)11-6-4-3-5-7-11/h3-7,12H,8-10H2,1-2H3/t12-/m0/s1. The number of ether oxygens (including phenoxy) is 1. The second kappa shape index (κ2) is 6.36. The van der Waals surface area contributed by atoms with Crippen LogP contribution in [-0.2, 0) is 14.9 Å². The van der Waals surface area contributed by atoms with Gasteiger partial charge in [0, 0.05) is 26.2 Å². The van der Waals surface area contributed by atoms with Crippen molar-refractivity contribution in [2.24, 2.45) is 0 Å². The first kappa shape index (κ1) is 16.1. The van der Waals surface area contributed by atoms with Crippen molar-refractivity contribution in [3.8, 4) is 11.4 Å². The van der Waals surface area contributed by atoms with E-state index in [9.17, 15) is 8.42 Å². The zero-order chi connectivity index (χ0) is 16.4. The molecule has 0 spiro atoms. The second-order valence-corrected chi connectivity index (χ2v) is 7.41. The van der Waals surface area contributed by atoms with Crippen molar-refractivity contribution >= 4 is 10.2 Å². The van der Waals surface area contributed by atoms with E-state index in [1.54, 1.807) is 0 Å². The maximum absolute atomic E-state index is 12.5. The fraction of sp³-hybridized carbons (Fsp3) is 0.429. The molecule has 2 aromatic rings. The first-order valence-corrected chi connectivity index (χ1v) is 8.56. The smallest absolute Gasteiger partial charge is 0.282 e. The van der Waals surface area contributed by atoms with Crippen LogP contribution in [0.15, 0.2) is 34.9 Å². The molecule has 1 aliphatic heterocycles. The zero-order valence-corrected chi connectivity index (χ0v) is 13.7. The highest BCUT2D eigenvalue weighted by molar-refractivity contribution is 7.86. The highest BCUT2D eigenvalue weighted by Gasteiger charge is 2.38. The molecule has 0 radical (unpaired) electrons. The summed E-state index contributed by atoms with van der Waals surface area (Å²) < 4.78 is 38.1. The van der Waals surface area contributed by atoms with Gasteiger partial charge in [-0.1, -0.05) is 35.5 Å². The van der Waals surface area contributed by atoms with E-state index in [2.05, 4.69) is 10.1 Å². The van der Waals surface area contributed by atoms with Gasteiger partial charge in [-0.15, -0.1) is 0 Å². The molecule has 3 rings (SSSR count). The summed E-state index contributed by atoms with van der Waals surface area (Å²) in [6.07, 6.45) is 0. The topological polar surface area (TPSA) is 88.8 Å². The van der Waals surface area contributed by atoms with Gasteiger partial charge in [0.15, 0.2) is 0 Å². The fourth-order valence-electron chi connectivity index (χ4n) is 2.34. The maximum atomic E-state index is 12.5. The van der Waals surface area contributed by atoms with Crippen LogP contribution >= 0.6 is 0 Å². The Balaban J connectivity index is 1.92. The number of aromatic nitrogens is 2. The second-order valence-electron chi connectivity index (χ2n) is 5.31. The van der Waals surface area contributed by atoms with E-state index in [4.69, 9.17) is 9.26 Å². The maximum Gasteiger partial charge on any atom is 0.282 e. The molecule has 0 saturated carbocycles. The van der Waals surface area contributed by atoms with Gasteiger partial charge >= 0.3 is 0 Å². The fourth-order valence-corrected chi connectivity index (χ4v) is 3.54. The van der Waals surface area contributed by atoms with Gasteiger partial charge in [0.1, 0.15) is 6.04 Å². The summed E-state index contributed by atoms with van der Waals surface area (Å²) in [5.74, 6) is 0.655. The van der Waals surface area contributed by atoms with Crippen molar-refractivity contribution in [3.63, 3.8) is 0 Å². The SMILES string of the molecule is CN(C)S(=O)(=O)N1CCOC[C@H]1c1nc(-c2ccccc2)no1. The number of hydrogen-bond acceptors (Lipinski definition) is 6. The van der Waals surface area contributed by atoms with Crippen LogP contribution in [0.4, 0.5) is 0 Å². The van der Waals surface area contributed by atoms with E-state index < -0.39 is 16.3 Å². The summed E-state index contributed by atoms with van der Waals surface area (Å²) in [6, 6.07) is 8.74. The average Bonchev–Trinajstić information content (AvgIpc) is 3.05. The van der Waals surface area contributed by atoms with Crippen LogP contribution in [0.25, 0.3) is 11.4 Å². The normalized spacial score (nSPS) is 20.0. The Morgan fingerprint density at radius 3 is 2.70 bits per heavy atom. The van der Waals surface area contributed by atoms with Crippen LogP contribution < -0.4 is 0 Å². The van der Waals surface area contributed by atoms with Gasteiger partial charge in [-0.25, -0.2) is 0 Å². The van der Waals surface area contributed by atoms with E-state index in [0.717, 1.165) is 5.56 Å². The molecule has 1 atom stereocenters. The highest BCUT2D eigenvalue weighted by Crippen LogP contribution is 2.28. The highest BCUT2D eigenvalue weighted by atomic mass is 32.2. The zero-order valence-electron chi connectivity index (χ0n) is 12.9. The minimum absolute atomic E-state index is 0.184. The predicted molar refractivity (Wildman–Crippen MR) is 82.6 cm³/mol. The third-order valence-electron chi connectivity index (χ3n) is 3.60. The quantitative estimate of drug-likeness (QED) is 0.823. The Morgan fingerprint density at radius 2 is 2.00 bits per heavy atom. The first-order valence-electron chi connectivity index (χ1n) is 7.16. The molecule has 124 valence electrons. The summed E-state index contributed by atoms with van der Waals surface area (Å²) in [5.41, 5.74) is 0.807. The molecular weight excluding hydrogens is 320 g/mol. The molecule has 0 amide bonds. The van der Waals surface area contributed by atoms with Crippen molar-refractivity contribution in [1.29, 1.82) is 0 Å². The first-order chi connectivity index (χ1) is 11.0. The van der Waals surface area contributed by atoms with Gasteiger partial charge in [-0.2, -0.15) is 22.0 Å². The minimum atomic E-state index is -3.59. The van der Waals surface area contributed by atoms with Crippen LogP contribution in [0.3, 0.4) is 0 Å². The Bertz CT molecular complexity index is 760. The molecule has 1 fully saturated rings. The molecule has 0 bridgehead atoms. The molecule has 9 heteroatoms. The number of rotatable bonds is 4. The van der Waals surface area contributed by atoms with E-state index >= 15 is 0 Å². The molecule has 0 N–H and O–H groups in total. The van der Waals surface area contributed by atoms with E-state index in [1.807, 2.05) is 30.3 Å². The lowest BCUT2D eigenvalue weighted by atomic mass is 10.2. The molecule has 1 saturated heterocycles. The van der Waals surface area contributed by atoms with Gasteiger partial charge < -0.3 is 9.26 Å². The van der Waals surface area contributed by atoms with Crippen molar-refractivity contribution in [1.82, 2.24) is 18.8 Å². The molecule has 23 heavy (non-hydrogen) atoms. The van der Waals surface area contributed by atoms with Crippen LogP contribution in [0.2, 0.25) is 0 Å². The van der Waals surface area contributed by atoms with Crippen molar-refractivity contribution in [2.75, 3.05) is 33.9 Å². The van der Waals surface area contributed by atoms with Gasteiger partial charge in [0.05, 0.1) is 13.2 Å².